The molecule has 2 aromatic rings. The third-order valence-corrected chi connectivity index (χ3v) is 6.00. The van der Waals surface area contributed by atoms with Gasteiger partial charge in [0.2, 0.25) is 0 Å². The van der Waals surface area contributed by atoms with E-state index in [1.165, 1.54) is 5.56 Å². The van der Waals surface area contributed by atoms with Crippen molar-refractivity contribution in [2.45, 2.75) is 38.0 Å². The summed E-state index contributed by atoms with van der Waals surface area (Å²) in [4.78, 5) is 21.3. The normalized spacial score (nSPS) is 24.0. The van der Waals surface area contributed by atoms with Gasteiger partial charge in [-0.05, 0) is 43.5 Å². The lowest BCUT2D eigenvalue weighted by Gasteiger charge is -2.53. The van der Waals surface area contributed by atoms with Gasteiger partial charge in [0.1, 0.15) is 0 Å². The second-order valence-electron chi connectivity index (χ2n) is 7.51. The minimum absolute atomic E-state index is 0.0428. The number of piperidine rings is 1. The Labute approximate surface area is 159 Å². The van der Waals surface area contributed by atoms with E-state index in [1.54, 1.807) is 11.8 Å². The summed E-state index contributed by atoms with van der Waals surface area (Å²) in [6.45, 7) is 4.46. The van der Waals surface area contributed by atoms with Crippen LogP contribution in [0.1, 0.15) is 40.6 Å². The van der Waals surface area contributed by atoms with E-state index in [4.69, 9.17) is 4.74 Å². The third-order valence-electron chi connectivity index (χ3n) is 6.00. The number of hydrogen-bond donors (Lipinski definition) is 0. The van der Waals surface area contributed by atoms with Gasteiger partial charge in [0, 0.05) is 57.9 Å². The Bertz CT molecular complexity index is 778. The molecular weight excluding hydrogens is 342 g/mol. The number of rotatable bonds is 4. The summed E-state index contributed by atoms with van der Waals surface area (Å²) >= 11 is 0. The summed E-state index contributed by atoms with van der Waals surface area (Å²) in [6, 6.07) is 6.77. The molecule has 4 rings (SSSR count). The van der Waals surface area contributed by atoms with Crippen molar-refractivity contribution in [1.82, 2.24) is 24.6 Å². The number of methoxy groups -OCH3 is 1. The topological polar surface area (TPSA) is 63.5 Å². The molecule has 0 radical (unpaired) electrons. The highest BCUT2D eigenvalue weighted by atomic mass is 16.5. The second kappa shape index (κ2) is 7.40. The number of ether oxygens (including phenoxy) is 1. The quantitative estimate of drug-likeness (QED) is 0.822. The number of carbonyl (C=O) groups is 1. The maximum Gasteiger partial charge on any atom is 0.274 e. The smallest absolute Gasteiger partial charge is 0.274 e. The van der Waals surface area contributed by atoms with Crippen molar-refractivity contribution in [3.05, 3.63) is 47.5 Å². The SMILES string of the molecule is COC1CN(C2CCN(C(=O)c3cc(C)n(C)n3)CC2)C1c1ccncc1. The van der Waals surface area contributed by atoms with E-state index < -0.39 is 0 Å². The summed E-state index contributed by atoms with van der Waals surface area (Å²) < 4.78 is 7.42. The Morgan fingerprint density at radius 2 is 1.93 bits per heavy atom. The molecule has 0 bridgehead atoms. The van der Waals surface area contributed by atoms with Crippen LogP contribution < -0.4 is 0 Å². The third kappa shape index (κ3) is 3.37. The van der Waals surface area contributed by atoms with E-state index in [9.17, 15) is 4.79 Å². The van der Waals surface area contributed by atoms with Gasteiger partial charge in [0.25, 0.3) is 5.91 Å². The summed E-state index contributed by atoms with van der Waals surface area (Å²) in [5, 5.41) is 4.33. The van der Waals surface area contributed by atoms with Gasteiger partial charge < -0.3 is 9.64 Å². The van der Waals surface area contributed by atoms with Crippen LogP contribution in [0.15, 0.2) is 30.6 Å². The van der Waals surface area contributed by atoms with Crippen LogP contribution in [0, 0.1) is 6.92 Å². The van der Waals surface area contributed by atoms with Gasteiger partial charge in [0.15, 0.2) is 5.69 Å². The molecule has 2 unspecified atom stereocenters. The molecule has 2 aliphatic rings. The molecule has 1 amide bonds. The number of hydrogen-bond acceptors (Lipinski definition) is 5. The first kappa shape index (κ1) is 18.1. The average molecular weight is 369 g/mol. The number of likely N-dealkylation sites (tertiary alicyclic amines) is 2. The van der Waals surface area contributed by atoms with Crippen LogP contribution in [-0.4, -0.2) is 69.4 Å². The van der Waals surface area contributed by atoms with Gasteiger partial charge in [-0.1, -0.05) is 0 Å². The molecule has 7 heteroatoms. The van der Waals surface area contributed by atoms with E-state index in [2.05, 4.69) is 27.1 Å². The number of nitrogens with zero attached hydrogens (tertiary/aromatic N) is 5. The molecule has 4 heterocycles. The molecule has 0 aliphatic carbocycles. The molecule has 2 aliphatic heterocycles. The van der Waals surface area contributed by atoms with Crippen LogP contribution in [0.5, 0.6) is 0 Å². The number of pyridine rings is 1. The van der Waals surface area contributed by atoms with Crippen LogP contribution in [0.2, 0.25) is 0 Å². The largest absolute Gasteiger partial charge is 0.378 e. The van der Waals surface area contributed by atoms with Gasteiger partial charge in [-0.25, -0.2) is 0 Å². The summed E-state index contributed by atoms with van der Waals surface area (Å²) in [5.74, 6) is 0.0428. The Hall–Kier alpha value is -2.25. The first-order chi connectivity index (χ1) is 13.1. The fourth-order valence-electron chi connectivity index (χ4n) is 4.27. The Kier molecular flexibility index (Phi) is 4.97. The van der Waals surface area contributed by atoms with Crippen LogP contribution in [0.4, 0.5) is 0 Å². The monoisotopic (exact) mass is 369 g/mol. The molecule has 7 nitrogen and oxygen atoms in total. The van der Waals surface area contributed by atoms with Crippen molar-refractivity contribution in [2.24, 2.45) is 7.05 Å². The van der Waals surface area contributed by atoms with Crippen LogP contribution in [-0.2, 0) is 11.8 Å². The summed E-state index contributed by atoms with van der Waals surface area (Å²) in [7, 11) is 3.65. The minimum atomic E-state index is 0.0428. The maximum absolute atomic E-state index is 12.7. The molecule has 2 saturated heterocycles. The van der Waals surface area contributed by atoms with Crippen molar-refractivity contribution in [3.63, 3.8) is 0 Å². The van der Waals surface area contributed by atoms with E-state index in [0.29, 0.717) is 11.7 Å². The van der Waals surface area contributed by atoms with E-state index in [0.717, 1.165) is 38.2 Å². The van der Waals surface area contributed by atoms with Crippen molar-refractivity contribution < 1.29 is 9.53 Å². The number of carbonyl (C=O) groups excluding carboxylic acids is 1. The van der Waals surface area contributed by atoms with Gasteiger partial charge in [0.05, 0.1) is 12.1 Å². The molecule has 0 aromatic carbocycles. The standard InChI is InChI=1S/C20H27N5O2/c1-14-12-17(22-23(14)2)20(26)24-10-6-16(7-11-24)25-13-18(27-3)19(25)15-4-8-21-9-5-15/h4-5,8-9,12,16,18-19H,6-7,10-11,13H2,1-3H3. The zero-order valence-corrected chi connectivity index (χ0v) is 16.2. The average Bonchev–Trinajstić information content (AvgIpc) is 3.01. The zero-order chi connectivity index (χ0) is 19.0. The van der Waals surface area contributed by atoms with E-state index in [-0.39, 0.29) is 18.1 Å². The molecule has 0 spiro atoms. The van der Waals surface area contributed by atoms with Crippen LogP contribution in [0.3, 0.4) is 0 Å². The van der Waals surface area contributed by atoms with E-state index in [1.807, 2.05) is 37.3 Å². The molecule has 2 aromatic heterocycles. The maximum atomic E-state index is 12.7. The lowest BCUT2D eigenvalue weighted by molar-refractivity contribution is -0.115. The highest BCUT2D eigenvalue weighted by Gasteiger charge is 2.44. The fraction of sp³-hybridized carbons (Fsp3) is 0.550. The number of amides is 1. The number of aromatic nitrogens is 3. The summed E-state index contributed by atoms with van der Waals surface area (Å²) in [5.41, 5.74) is 2.80. The molecule has 27 heavy (non-hydrogen) atoms. The second-order valence-corrected chi connectivity index (χ2v) is 7.51. The highest BCUT2D eigenvalue weighted by molar-refractivity contribution is 5.92. The van der Waals surface area contributed by atoms with Crippen molar-refractivity contribution in [3.8, 4) is 0 Å². The molecule has 2 fully saturated rings. The van der Waals surface area contributed by atoms with Crippen molar-refractivity contribution >= 4 is 5.91 Å². The molecule has 2 atom stereocenters. The summed E-state index contributed by atoms with van der Waals surface area (Å²) in [6.07, 6.45) is 5.87. The Morgan fingerprint density at radius 1 is 1.22 bits per heavy atom. The molecular formula is C20H27N5O2. The lowest BCUT2D eigenvalue weighted by atomic mass is 9.87. The Morgan fingerprint density at radius 3 is 2.52 bits per heavy atom. The molecule has 0 saturated carbocycles. The highest BCUT2D eigenvalue weighted by Crippen LogP contribution is 2.39. The zero-order valence-electron chi connectivity index (χ0n) is 16.2. The molecule has 144 valence electrons. The molecule has 0 N–H and O–H groups in total. The minimum Gasteiger partial charge on any atom is -0.378 e. The van der Waals surface area contributed by atoms with Gasteiger partial charge in [-0.3, -0.25) is 19.4 Å². The van der Waals surface area contributed by atoms with Crippen LogP contribution >= 0.6 is 0 Å². The first-order valence-electron chi connectivity index (χ1n) is 9.57. The predicted molar refractivity (Wildman–Crippen MR) is 101 cm³/mol. The number of aryl methyl sites for hydroxylation is 2. The fourth-order valence-corrected chi connectivity index (χ4v) is 4.27. The lowest BCUT2D eigenvalue weighted by Crippen LogP contribution is -2.60. The predicted octanol–water partition coefficient (Wildman–Crippen LogP) is 1.80. The van der Waals surface area contributed by atoms with E-state index >= 15 is 0 Å². The van der Waals surface area contributed by atoms with Gasteiger partial charge in [-0.2, -0.15) is 5.10 Å². The van der Waals surface area contributed by atoms with Crippen molar-refractivity contribution in [1.29, 1.82) is 0 Å². The van der Waals surface area contributed by atoms with Crippen LogP contribution in [0.25, 0.3) is 0 Å². The Balaban J connectivity index is 1.39. The van der Waals surface area contributed by atoms with Gasteiger partial charge >= 0.3 is 0 Å². The van der Waals surface area contributed by atoms with Crippen molar-refractivity contribution in [2.75, 3.05) is 26.7 Å². The van der Waals surface area contributed by atoms with Gasteiger partial charge in [-0.15, -0.1) is 0 Å². The first-order valence-corrected chi connectivity index (χ1v) is 9.57.